The average Bonchev–Trinajstić information content (AvgIpc) is 3.22. The first-order valence-electron chi connectivity index (χ1n) is 8.31. The topological polar surface area (TPSA) is 67.9 Å². The number of benzene rings is 1. The highest BCUT2D eigenvalue weighted by molar-refractivity contribution is 7.90. The Morgan fingerprint density at radius 1 is 1.35 bits per heavy atom. The Balaban J connectivity index is 1.81. The number of nitrogens with zero attached hydrogens (tertiary/aromatic N) is 1. The summed E-state index contributed by atoms with van der Waals surface area (Å²) in [7, 11) is -2.29. The van der Waals surface area contributed by atoms with Crippen molar-refractivity contribution in [3.8, 4) is 0 Å². The van der Waals surface area contributed by atoms with Gasteiger partial charge in [0, 0.05) is 20.2 Å². The molecule has 6 nitrogen and oxygen atoms in total. The number of nitrogens with one attached hydrogen (secondary N) is 1. The lowest BCUT2D eigenvalue weighted by molar-refractivity contribution is -0.138. The van der Waals surface area contributed by atoms with Gasteiger partial charge in [0.15, 0.2) is 0 Å². The average molecular weight is 394 g/mol. The van der Waals surface area contributed by atoms with Gasteiger partial charge in [-0.1, -0.05) is 12.1 Å². The Kier molecular flexibility index (Phi) is 5.59. The molecule has 0 amide bonds. The largest absolute Gasteiger partial charge is 0.416 e. The molecule has 3 atom stereocenters. The van der Waals surface area contributed by atoms with Gasteiger partial charge in [-0.25, -0.2) is 13.1 Å². The first-order chi connectivity index (χ1) is 12.2. The predicted molar refractivity (Wildman–Crippen MR) is 87.6 cm³/mol. The molecule has 2 aliphatic rings. The van der Waals surface area contributed by atoms with Crippen molar-refractivity contribution in [2.24, 2.45) is 0 Å². The van der Waals surface area contributed by atoms with Gasteiger partial charge < -0.3 is 4.74 Å². The third kappa shape index (κ3) is 4.20. The van der Waals surface area contributed by atoms with E-state index in [0.717, 1.165) is 25.0 Å². The molecule has 1 aromatic rings. The van der Waals surface area contributed by atoms with E-state index in [1.165, 1.54) is 24.2 Å². The van der Waals surface area contributed by atoms with Crippen LogP contribution in [0, 0.1) is 0 Å². The molecule has 1 N–H and O–H groups in total. The highest BCUT2D eigenvalue weighted by Gasteiger charge is 2.44. The molecule has 2 fully saturated rings. The Hall–Kier alpha value is -1.20. The summed E-state index contributed by atoms with van der Waals surface area (Å²) in [5, 5.41) is 0.281. The fraction of sp³-hybridized carbons (Fsp3) is 0.625. The standard InChI is InChI=1S/C16H21F3N2O4S/c1-21-15(11-4-2-5-12(8-11)16(17,18)19)14(10-25-21)26(22,23)20-9-13-6-3-7-24-13/h2,4-5,8,13-15,20H,3,6-7,9-10H2,1H3. The molecule has 26 heavy (non-hydrogen) atoms. The zero-order valence-electron chi connectivity index (χ0n) is 14.2. The van der Waals surface area contributed by atoms with E-state index in [2.05, 4.69) is 4.72 Å². The highest BCUT2D eigenvalue weighted by atomic mass is 32.2. The number of hydroxylamine groups is 2. The number of halogens is 3. The number of sulfonamides is 1. The summed E-state index contributed by atoms with van der Waals surface area (Å²) in [6, 6.07) is 3.85. The quantitative estimate of drug-likeness (QED) is 0.828. The van der Waals surface area contributed by atoms with Crippen LogP contribution in [0.3, 0.4) is 0 Å². The summed E-state index contributed by atoms with van der Waals surface area (Å²) in [6.45, 7) is 0.630. The van der Waals surface area contributed by atoms with E-state index in [-0.39, 0.29) is 24.8 Å². The normalized spacial score (nSPS) is 27.9. The van der Waals surface area contributed by atoms with E-state index in [1.54, 1.807) is 0 Å². The molecule has 2 saturated heterocycles. The van der Waals surface area contributed by atoms with Crippen LogP contribution in [-0.2, 0) is 25.8 Å². The zero-order valence-corrected chi connectivity index (χ0v) is 15.0. The molecule has 146 valence electrons. The van der Waals surface area contributed by atoms with Gasteiger partial charge in [-0.2, -0.15) is 18.2 Å². The molecule has 2 aliphatic heterocycles. The molecule has 0 bridgehead atoms. The highest BCUT2D eigenvalue weighted by Crippen LogP contribution is 2.36. The maximum atomic E-state index is 13.0. The SMILES string of the molecule is CN1OCC(S(=O)(=O)NCC2CCCO2)C1c1cccc(C(F)(F)F)c1. The molecular formula is C16H21F3N2O4S. The van der Waals surface area contributed by atoms with Crippen LogP contribution in [0.25, 0.3) is 0 Å². The van der Waals surface area contributed by atoms with Crippen molar-refractivity contribution in [1.82, 2.24) is 9.79 Å². The Bertz CT molecular complexity index is 735. The molecule has 0 saturated carbocycles. The predicted octanol–water partition coefficient (Wildman–Crippen LogP) is 2.09. The molecular weight excluding hydrogens is 373 g/mol. The molecule has 0 aliphatic carbocycles. The van der Waals surface area contributed by atoms with Crippen molar-refractivity contribution in [3.63, 3.8) is 0 Å². The van der Waals surface area contributed by atoms with E-state index in [0.29, 0.717) is 6.61 Å². The van der Waals surface area contributed by atoms with Crippen molar-refractivity contribution in [3.05, 3.63) is 35.4 Å². The number of rotatable bonds is 5. The van der Waals surface area contributed by atoms with Crippen LogP contribution in [0.5, 0.6) is 0 Å². The van der Waals surface area contributed by atoms with Gasteiger partial charge >= 0.3 is 6.18 Å². The Morgan fingerprint density at radius 2 is 2.12 bits per heavy atom. The maximum absolute atomic E-state index is 13.0. The van der Waals surface area contributed by atoms with Crippen LogP contribution < -0.4 is 4.72 Å². The van der Waals surface area contributed by atoms with Gasteiger partial charge in [-0.05, 0) is 30.5 Å². The third-order valence-electron chi connectivity index (χ3n) is 4.68. The first-order valence-corrected chi connectivity index (χ1v) is 9.86. The van der Waals surface area contributed by atoms with E-state index in [1.807, 2.05) is 0 Å². The van der Waals surface area contributed by atoms with Gasteiger partial charge in [0.1, 0.15) is 5.25 Å². The molecule has 1 aromatic carbocycles. The molecule has 0 aromatic heterocycles. The third-order valence-corrected chi connectivity index (χ3v) is 6.44. The minimum atomic E-state index is -4.50. The zero-order chi connectivity index (χ0) is 18.9. The van der Waals surface area contributed by atoms with Crippen molar-refractivity contribution in [2.45, 2.75) is 36.4 Å². The van der Waals surface area contributed by atoms with Gasteiger partial charge in [0.05, 0.1) is 24.3 Å². The number of hydrogen-bond donors (Lipinski definition) is 1. The van der Waals surface area contributed by atoms with Gasteiger partial charge in [0.2, 0.25) is 10.0 Å². The van der Waals surface area contributed by atoms with E-state index in [9.17, 15) is 21.6 Å². The first kappa shape index (κ1) is 19.6. The second-order valence-electron chi connectivity index (χ2n) is 6.48. The second kappa shape index (κ2) is 7.43. The summed E-state index contributed by atoms with van der Waals surface area (Å²) < 4.78 is 72.3. The van der Waals surface area contributed by atoms with Crippen LogP contribution in [0.15, 0.2) is 24.3 Å². The summed E-state index contributed by atoms with van der Waals surface area (Å²) in [5.74, 6) is 0. The molecule has 10 heteroatoms. The van der Waals surface area contributed by atoms with E-state index < -0.39 is 33.1 Å². The fourth-order valence-corrected chi connectivity index (χ4v) is 4.84. The van der Waals surface area contributed by atoms with Crippen LogP contribution in [0.1, 0.15) is 30.0 Å². The van der Waals surface area contributed by atoms with Crippen molar-refractivity contribution >= 4 is 10.0 Å². The van der Waals surface area contributed by atoms with E-state index in [4.69, 9.17) is 9.57 Å². The Labute approximate surface area is 150 Å². The molecule has 3 rings (SSSR count). The summed E-state index contributed by atoms with van der Waals surface area (Å²) >= 11 is 0. The molecule has 3 unspecified atom stereocenters. The van der Waals surface area contributed by atoms with Gasteiger partial charge in [-0.3, -0.25) is 4.84 Å². The number of hydrogen-bond acceptors (Lipinski definition) is 5. The van der Waals surface area contributed by atoms with Crippen LogP contribution in [-0.4, -0.2) is 51.6 Å². The summed E-state index contributed by atoms with van der Waals surface area (Å²) in [6.07, 6.45) is -3.01. The minimum Gasteiger partial charge on any atom is -0.377 e. The molecule has 2 heterocycles. The summed E-state index contributed by atoms with van der Waals surface area (Å²) in [5.41, 5.74) is -0.578. The van der Waals surface area contributed by atoms with Gasteiger partial charge in [0.25, 0.3) is 0 Å². The fourth-order valence-electron chi connectivity index (χ4n) is 3.30. The van der Waals surface area contributed by atoms with Crippen LogP contribution in [0.2, 0.25) is 0 Å². The second-order valence-corrected chi connectivity index (χ2v) is 8.46. The van der Waals surface area contributed by atoms with Crippen molar-refractivity contribution in [1.29, 1.82) is 0 Å². The van der Waals surface area contributed by atoms with Crippen LogP contribution in [0.4, 0.5) is 13.2 Å². The van der Waals surface area contributed by atoms with Crippen molar-refractivity contribution < 1.29 is 31.2 Å². The van der Waals surface area contributed by atoms with Crippen molar-refractivity contribution in [2.75, 3.05) is 26.8 Å². The monoisotopic (exact) mass is 394 g/mol. The maximum Gasteiger partial charge on any atom is 0.416 e. The number of alkyl halides is 3. The molecule has 0 spiro atoms. The summed E-state index contributed by atoms with van der Waals surface area (Å²) in [4.78, 5) is 5.32. The van der Waals surface area contributed by atoms with E-state index >= 15 is 0 Å². The lowest BCUT2D eigenvalue weighted by Gasteiger charge is -2.24. The lowest BCUT2D eigenvalue weighted by atomic mass is 10.0. The Morgan fingerprint density at radius 3 is 2.77 bits per heavy atom. The smallest absolute Gasteiger partial charge is 0.377 e. The lowest BCUT2D eigenvalue weighted by Crippen LogP contribution is -2.42. The van der Waals surface area contributed by atoms with Gasteiger partial charge in [-0.15, -0.1) is 0 Å². The molecule has 0 radical (unpaired) electrons. The van der Waals surface area contributed by atoms with Crippen LogP contribution >= 0.6 is 0 Å². The minimum absolute atomic E-state index is 0.127. The number of ether oxygens (including phenoxy) is 1.